The van der Waals surface area contributed by atoms with Crippen LogP contribution in [0.25, 0.3) is 66.2 Å². The van der Waals surface area contributed by atoms with Crippen molar-refractivity contribution in [3.8, 4) is 46.2 Å². The van der Waals surface area contributed by atoms with Gasteiger partial charge in [0, 0.05) is 46.0 Å². The molecule has 0 radical (unpaired) electrons. The van der Waals surface area contributed by atoms with Gasteiger partial charge in [-0.05, 0) is 121 Å². The molecular formula is C84H80B2N8O10S4. The van der Waals surface area contributed by atoms with E-state index >= 15 is 0 Å². The highest BCUT2D eigenvalue weighted by Gasteiger charge is 2.38. The van der Waals surface area contributed by atoms with Crippen molar-refractivity contribution in [2.75, 3.05) is 60.8 Å². The van der Waals surface area contributed by atoms with Gasteiger partial charge >= 0.3 is 13.7 Å². The predicted octanol–water partition coefficient (Wildman–Crippen LogP) is 11.0. The van der Waals surface area contributed by atoms with Crippen molar-refractivity contribution < 1.29 is 45.0 Å². The third kappa shape index (κ3) is 19.7. The van der Waals surface area contributed by atoms with Gasteiger partial charge in [-0.3, -0.25) is 18.7 Å². The molecule has 2 amide bonds. The van der Waals surface area contributed by atoms with Gasteiger partial charge in [0.2, 0.25) is 11.8 Å². The van der Waals surface area contributed by atoms with E-state index in [4.69, 9.17) is 28.5 Å². The van der Waals surface area contributed by atoms with Crippen molar-refractivity contribution in [2.45, 2.75) is 51.4 Å². The highest BCUT2D eigenvalue weighted by atomic mass is 32.2. The number of unbranched alkanes of at least 4 members (excludes halogenated alkanes) is 6. The van der Waals surface area contributed by atoms with E-state index < -0.39 is 45.4 Å². The first-order valence-electron chi connectivity index (χ1n) is 36.0. The Morgan fingerprint density at radius 1 is 0.426 bits per heavy atom. The van der Waals surface area contributed by atoms with Crippen LogP contribution in [0.5, 0.6) is 11.5 Å². The summed E-state index contributed by atoms with van der Waals surface area (Å²) < 4.78 is 80.1. The summed E-state index contributed by atoms with van der Waals surface area (Å²) in [6.07, 6.45) is 6.88. The summed E-state index contributed by atoms with van der Waals surface area (Å²) in [4.78, 5) is 35.3. The molecule has 18 nitrogen and oxygen atoms in total. The van der Waals surface area contributed by atoms with E-state index in [0.29, 0.717) is 80.0 Å². The number of rotatable bonds is 36. The standard InChI is InChI=1S/C84H80B2N8O10S4/c87-57-71(75-47-41-61-25-17-19-35-73(61)91-75)83-79-80(82(94(83)86(67-31-13-7-14-32-67)68-33-15-8-16-34-68)64-39-45-70(46-40-64)104-52-22-2-4-24-54-106-60-78(96)90-50-56-108(100,101)102)84(72(58-88)76-48-42-62-26-18-20-36-74(62)92-76)93(85(65-27-9-5-10-28-65)66-29-11-6-12-30-66)81(79)63-37-43-69(44-38-63)103-51-21-1-3-23-53-105-59-77(95)89-49-55-107(97,98)99/h5-20,25-48H,1-4,21-24,49-56,59-60H2,(H,89,95)(H,90,96)(H,97,98,99)(H,100,101,102)/b83-71-,84-72-. The average Bonchev–Trinajstić information content (AvgIpc) is 1.52. The van der Waals surface area contributed by atoms with Crippen LogP contribution in [0.2, 0.25) is 0 Å². The molecule has 12 rings (SSSR count). The van der Waals surface area contributed by atoms with Gasteiger partial charge in [-0.15, -0.1) is 0 Å². The summed E-state index contributed by atoms with van der Waals surface area (Å²) in [5.74, 6) is 1.53. The summed E-state index contributed by atoms with van der Waals surface area (Å²) >= 11 is 2.94. The van der Waals surface area contributed by atoms with Crippen LogP contribution in [-0.2, 0) is 29.8 Å². The summed E-state index contributed by atoms with van der Waals surface area (Å²) in [7, 11) is -8.33. The van der Waals surface area contributed by atoms with Gasteiger partial charge in [-0.2, -0.15) is 50.9 Å². The fourth-order valence-electron chi connectivity index (χ4n) is 13.6. The first-order valence-corrected chi connectivity index (χ1v) is 41.5. The molecule has 108 heavy (non-hydrogen) atoms. The summed E-state index contributed by atoms with van der Waals surface area (Å²) in [5.41, 5.74) is 9.46. The number of ether oxygens (including phenoxy) is 2. The molecular weight excluding hydrogens is 1430 g/mol. The van der Waals surface area contributed by atoms with Crippen LogP contribution < -0.4 is 52.7 Å². The fraction of sp³-hybridized carbons (Fsp3) is 0.214. The van der Waals surface area contributed by atoms with Crippen LogP contribution in [0.3, 0.4) is 0 Å². The van der Waals surface area contributed by atoms with E-state index in [-0.39, 0.29) is 47.6 Å². The summed E-state index contributed by atoms with van der Waals surface area (Å²) in [6.45, 7) is -0.683. The zero-order valence-corrected chi connectivity index (χ0v) is 62.7. The molecule has 0 saturated carbocycles. The number of nitriles is 2. The number of thioether (sulfide) groups is 2. The molecule has 0 aliphatic heterocycles. The molecule has 4 aromatic heterocycles. The van der Waals surface area contributed by atoms with E-state index in [1.807, 2.05) is 170 Å². The van der Waals surface area contributed by atoms with Crippen molar-refractivity contribution in [2.24, 2.45) is 0 Å². The predicted molar refractivity (Wildman–Crippen MR) is 438 cm³/mol. The number of carbonyl (C=O) groups is 2. The van der Waals surface area contributed by atoms with Crippen LogP contribution in [0, 0.1) is 22.7 Å². The normalized spacial score (nSPS) is 12.1. The van der Waals surface area contributed by atoms with Crippen molar-refractivity contribution in [3.63, 3.8) is 0 Å². The minimum Gasteiger partial charge on any atom is -0.494 e. The van der Waals surface area contributed by atoms with Crippen molar-refractivity contribution in [1.82, 2.24) is 29.6 Å². The third-order valence-corrected chi connectivity index (χ3v) is 22.1. The maximum Gasteiger partial charge on any atom is 0.328 e. The number of nitrogens with zero attached hydrogens (tertiary/aromatic N) is 6. The fourth-order valence-corrected chi connectivity index (χ4v) is 16.0. The van der Waals surface area contributed by atoms with Crippen LogP contribution in [0.4, 0.5) is 0 Å². The van der Waals surface area contributed by atoms with E-state index in [1.165, 1.54) is 23.5 Å². The van der Waals surface area contributed by atoms with Gasteiger partial charge in [0.1, 0.15) is 34.8 Å². The lowest BCUT2D eigenvalue weighted by Crippen LogP contribution is -2.54. The second kappa shape index (κ2) is 37.2. The number of nitrogens with one attached hydrogen (secondary N) is 2. The molecule has 0 spiro atoms. The van der Waals surface area contributed by atoms with Crippen molar-refractivity contribution in [3.05, 3.63) is 265 Å². The molecule has 24 heteroatoms. The number of aromatic nitrogens is 4. The molecule has 4 N–H and O–H groups in total. The van der Waals surface area contributed by atoms with Crippen molar-refractivity contribution >= 4 is 135 Å². The van der Waals surface area contributed by atoms with Gasteiger partial charge in [0.15, 0.2) is 0 Å². The number of para-hydroxylation sites is 2. The molecule has 4 heterocycles. The molecule has 0 bridgehead atoms. The van der Waals surface area contributed by atoms with Gasteiger partial charge in [0.05, 0.1) is 69.3 Å². The second-order valence-electron chi connectivity index (χ2n) is 26.0. The smallest absolute Gasteiger partial charge is 0.328 e. The zero-order valence-electron chi connectivity index (χ0n) is 59.5. The van der Waals surface area contributed by atoms with Gasteiger partial charge in [-0.25, -0.2) is 9.97 Å². The number of fused-ring (bicyclic) bond motifs is 3. The maximum absolute atomic E-state index is 12.6. The van der Waals surface area contributed by atoms with Gasteiger partial charge in [-0.1, -0.05) is 217 Å². The molecule has 0 atom stereocenters. The monoisotopic (exact) mass is 1510 g/mol. The first-order chi connectivity index (χ1) is 52.6. The largest absolute Gasteiger partial charge is 0.494 e. The lowest BCUT2D eigenvalue weighted by atomic mass is 9.50. The molecule has 8 aromatic carbocycles. The van der Waals surface area contributed by atoms with Gasteiger partial charge < -0.3 is 29.1 Å². The Balaban J connectivity index is 1.06. The summed E-state index contributed by atoms with van der Waals surface area (Å²) in [5, 5.41) is 34.4. The number of benzene rings is 8. The molecule has 546 valence electrons. The SMILES string of the molecule is N#C/C(c1ccc2ccccc2n1)=c1\c2c(-c3ccc(OCCCCCCSCC(=O)NCCS(=O)(=O)O)cc3)n(B(c3ccccc3)c3ccccc3)/c(=C(/C#N)c3ccc4ccccc4n3)c2c(-c2ccc(OCCCCCCSCC(=O)NCCS(=O)(=O)O)cc2)n1B(c1ccccc1)c1ccccc1. The maximum atomic E-state index is 12.6. The molecule has 0 aliphatic carbocycles. The minimum atomic E-state index is -4.16. The first kappa shape index (κ1) is 76.9. The molecule has 0 unspecified atom stereocenters. The summed E-state index contributed by atoms with van der Waals surface area (Å²) in [6, 6.07) is 86.6. The Labute approximate surface area is 638 Å². The Kier molecular flexibility index (Phi) is 26.5. The van der Waals surface area contributed by atoms with Gasteiger partial charge in [0.25, 0.3) is 20.2 Å². The quantitative estimate of drug-likeness (QED) is 0.0161. The lowest BCUT2D eigenvalue weighted by molar-refractivity contribution is -0.119. The Morgan fingerprint density at radius 3 is 1.10 bits per heavy atom. The topological polar surface area (TPSA) is 269 Å². The minimum absolute atomic E-state index is 0.146. The third-order valence-electron chi connectivity index (χ3n) is 18.5. The average molecular weight is 1510 g/mol. The second-order valence-corrected chi connectivity index (χ2v) is 31.4. The highest BCUT2D eigenvalue weighted by molar-refractivity contribution is 8.00. The number of amides is 2. The number of pyridine rings is 2. The van der Waals surface area contributed by atoms with E-state index in [9.17, 15) is 36.9 Å². The number of hydrogen-bond donors (Lipinski definition) is 4. The van der Waals surface area contributed by atoms with Crippen LogP contribution in [0.1, 0.15) is 62.8 Å². The van der Waals surface area contributed by atoms with Crippen molar-refractivity contribution in [1.29, 1.82) is 10.5 Å². The number of carbonyl (C=O) groups excluding carboxylic acids is 2. The molecule has 0 fully saturated rings. The molecule has 0 saturated heterocycles. The zero-order chi connectivity index (χ0) is 75.2. The Morgan fingerprint density at radius 2 is 0.759 bits per heavy atom. The van der Waals surface area contributed by atoms with E-state index in [2.05, 4.69) is 105 Å². The Hall–Kier alpha value is -10.7. The van der Waals surface area contributed by atoms with E-state index in [0.717, 1.165) is 107 Å². The molecule has 0 aliphatic rings. The van der Waals surface area contributed by atoms with E-state index in [1.54, 1.807) is 0 Å². The number of hydrogen-bond acceptors (Lipinski definition) is 14. The van der Waals surface area contributed by atoms with Crippen LogP contribution in [-0.4, -0.2) is 131 Å². The van der Waals surface area contributed by atoms with Crippen LogP contribution in [0.15, 0.2) is 243 Å². The highest BCUT2D eigenvalue weighted by Crippen LogP contribution is 2.38. The molecule has 12 aromatic rings. The van der Waals surface area contributed by atoms with Crippen LogP contribution >= 0.6 is 23.5 Å². The Bertz CT molecular complexity index is 5150. The lowest BCUT2D eigenvalue weighted by Gasteiger charge is -2.24.